The quantitative estimate of drug-likeness (QED) is 0.609. The van der Waals surface area contributed by atoms with E-state index >= 15 is 0 Å². The van der Waals surface area contributed by atoms with Gasteiger partial charge in [-0.3, -0.25) is 0 Å². The molecule has 1 aromatic heterocycles. The number of hydrogen-bond donors (Lipinski definition) is 0. The Morgan fingerprint density at radius 1 is 1.20 bits per heavy atom. The SMILES string of the molecule is Cc1ccc(S(=O)(=O)N2CCCC(Cc3nc(-c4ccccc4F)no3)C2)c(C)c1. The summed E-state index contributed by atoms with van der Waals surface area (Å²) in [6, 6.07) is 11.7. The lowest BCUT2D eigenvalue weighted by atomic mass is 9.96. The summed E-state index contributed by atoms with van der Waals surface area (Å²) in [5.41, 5.74) is 2.07. The van der Waals surface area contributed by atoms with Crippen molar-refractivity contribution in [1.29, 1.82) is 0 Å². The molecule has 1 unspecified atom stereocenters. The molecule has 0 spiro atoms. The van der Waals surface area contributed by atoms with Crippen LogP contribution in [0.15, 0.2) is 51.9 Å². The Morgan fingerprint density at radius 3 is 2.77 bits per heavy atom. The van der Waals surface area contributed by atoms with E-state index in [1.165, 1.54) is 6.07 Å². The number of halogens is 1. The van der Waals surface area contributed by atoms with Crippen molar-refractivity contribution in [2.75, 3.05) is 13.1 Å². The third-order valence-corrected chi connectivity index (χ3v) is 7.50. The van der Waals surface area contributed by atoms with Crippen molar-refractivity contribution in [2.45, 2.75) is 38.0 Å². The van der Waals surface area contributed by atoms with Gasteiger partial charge in [0.15, 0.2) is 0 Å². The van der Waals surface area contributed by atoms with E-state index in [2.05, 4.69) is 10.1 Å². The van der Waals surface area contributed by atoms with Gasteiger partial charge in [-0.25, -0.2) is 12.8 Å². The lowest BCUT2D eigenvalue weighted by Gasteiger charge is -2.31. The number of benzene rings is 2. The Kier molecular flexibility index (Phi) is 5.71. The van der Waals surface area contributed by atoms with Gasteiger partial charge in [0.2, 0.25) is 21.7 Å². The normalized spacial score (nSPS) is 17.9. The minimum absolute atomic E-state index is 0.0631. The molecule has 8 heteroatoms. The molecule has 0 saturated carbocycles. The maximum absolute atomic E-state index is 13.9. The van der Waals surface area contributed by atoms with E-state index in [0.29, 0.717) is 30.3 Å². The Bertz CT molecular complexity index is 1160. The van der Waals surface area contributed by atoms with Gasteiger partial charge in [-0.2, -0.15) is 9.29 Å². The number of sulfonamides is 1. The average Bonchev–Trinajstić information content (AvgIpc) is 3.16. The van der Waals surface area contributed by atoms with Gasteiger partial charge in [-0.05, 0) is 56.4 Å². The van der Waals surface area contributed by atoms with Gasteiger partial charge in [-0.15, -0.1) is 0 Å². The Labute approximate surface area is 175 Å². The fourth-order valence-electron chi connectivity index (χ4n) is 3.98. The van der Waals surface area contributed by atoms with Crippen molar-refractivity contribution in [3.05, 3.63) is 65.3 Å². The van der Waals surface area contributed by atoms with Crippen LogP contribution in [0, 0.1) is 25.6 Å². The predicted octanol–water partition coefficient (Wildman–Crippen LogP) is 4.14. The molecule has 1 saturated heterocycles. The number of aromatic nitrogens is 2. The molecular formula is C22H24FN3O3S. The minimum atomic E-state index is -3.56. The number of piperidine rings is 1. The number of rotatable bonds is 5. The standard InChI is InChI=1S/C22H24FN3O3S/c1-15-9-10-20(16(2)12-15)30(27,28)26-11-5-6-17(14-26)13-21-24-22(25-29-21)18-7-3-4-8-19(18)23/h3-4,7-10,12,17H,5-6,11,13-14H2,1-2H3. The van der Waals surface area contributed by atoms with Gasteiger partial charge < -0.3 is 4.52 Å². The van der Waals surface area contributed by atoms with Crippen LogP contribution in [0.4, 0.5) is 4.39 Å². The summed E-state index contributed by atoms with van der Waals surface area (Å²) in [6.07, 6.45) is 2.10. The van der Waals surface area contributed by atoms with Crippen LogP contribution in [-0.2, 0) is 16.4 Å². The summed E-state index contributed by atoms with van der Waals surface area (Å²) < 4.78 is 47.2. The van der Waals surface area contributed by atoms with Crippen LogP contribution < -0.4 is 0 Å². The third-order valence-electron chi connectivity index (χ3n) is 5.48. The second-order valence-corrected chi connectivity index (χ2v) is 9.74. The molecule has 2 heterocycles. The highest BCUT2D eigenvalue weighted by Crippen LogP contribution is 2.28. The highest BCUT2D eigenvalue weighted by atomic mass is 32.2. The highest BCUT2D eigenvalue weighted by Gasteiger charge is 2.32. The van der Waals surface area contributed by atoms with Gasteiger partial charge in [0, 0.05) is 19.5 Å². The summed E-state index contributed by atoms with van der Waals surface area (Å²) in [6.45, 7) is 4.66. The summed E-state index contributed by atoms with van der Waals surface area (Å²) in [5, 5.41) is 3.89. The van der Waals surface area contributed by atoms with Gasteiger partial charge in [0.25, 0.3) is 0 Å². The number of hydrogen-bond acceptors (Lipinski definition) is 5. The first-order valence-electron chi connectivity index (χ1n) is 9.99. The van der Waals surface area contributed by atoms with E-state index in [4.69, 9.17) is 4.52 Å². The van der Waals surface area contributed by atoms with E-state index in [1.807, 2.05) is 26.0 Å². The number of aryl methyl sites for hydroxylation is 2. The first-order chi connectivity index (χ1) is 14.3. The van der Waals surface area contributed by atoms with E-state index in [-0.39, 0.29) is 17.3 Å². The van der Waals surface area contributed by atoms with E-state index in [1.54, 1.807) is 28.6 Å². The molecule has 1 atom stereocenters. The molecule has 2 aromatic carbocycles. The van der Waals surface area contributed by atoms with Crippen LogP contribution in [0.3, 0.4) is 0 Å². The maximum Gasteiger partial charge on any atom is 0.243 e. The minimum Gasteiger partial charge on any atom is -0.339 e. The van der Waals surface area contributed by atoms with E-state index in [9.17, 15) is 12.8 Å². The molecule has 6 nitrogen and oxygen atoms in total. The van der Waals surface area contributed by atoms with Crippen LogP contribution in [-0.4, -0.2) is 36.0 Å². The number of nitrogens with zero attached hydrogens (tertiary/aromatic N) is 3. The monoisotopic (exact) mass is 429 g/mol. The molecule has 1 fully saturated rings. The van der Waals surface area contributed by atoms with Gasteiger partial charge in [0.05, 0.1) is 10.5 Å². The highest BCUT2D eigenvalue weighted by molar-refractivity contribution is 7.89. The van der Waals surface area contributed by atoms with E-state index < -0.39 is 15.8 Å². The van der Waals surface area contributed by atoms with E-state index in [0.717, 1.165) is 24.0 Å². The van der Waals surface area contributed by atoms with Crippen LogP contribution in [0.5, 0.6) is 0 Å². The maximum atomic E-state index is 13.9. The van der Waals surface area contributed by atoms with Crippen LogP contribution in [0.2, 0.25) is 0 Å². The molecule has 1 aliphatic rings. The Hall–Kier alpha value is -2.58. The second-order valence-electron chi connectivity index (χ2n) is 7.84. The fourth-order valence-corrected chi connectivity index (χ4v) is 5.74. The average molecular weight is 430 g/mol. The summed E-state index contributed by atoms with van der Waals surface area (Å²) >= 11 is 0. The third kappa shape index (κ3) is 4.15. The van der Waals surface area contributed by atoms with Gasteiger partial charge >= 0.3 is 0 Å². The first-order valence-corrected chi connectivity index (χ1v) is 11.4. The van der Waals surface area contributed by atoms with Crippen molar-refractivity contribution in [2.24, 2.45) is 5.92 Å². The smallest absolute Gasteiger partial charge is 0.243 e. The lowest BCUT2D eigenvalue weighted by Crippen LogP contribution is -2.40. The van der Waals surface area contributed by atoms with Gasteiger partial charge in [0.1, 0.15) is 5.82 Å². The molecule has 0 aliphatic carbocycles. The second kappa shape index (κ2) is 8.28. The fraction of sp³-hybridized carbons (Fsp3) is 0.364. The van der Waals surface area contributed by atoms with Crippen molar-refractivity contribution in [3.8, 4) is 11.4 Å². The molecule has 30 heavy (non-hydrogen) atoms. The molecule has 1 aliphatic heterocycles. The Balaban J connectivity index is 1.49. The van der Waals surface area contributed by atoms with Crippen LogP contribution in [0.25, 0.3) is 11.4 Å². The molecule has 0 bridgehead atoms. The molecule has 0 N–H and O–H groups in total. The zero-order valence-electron chi connectivity index (χ0n) is 17.0. The lowest BCUT2D eigenvalue weighted by molar-refractivity contribution is 0.247. The van der Waals surface area contributed by atoms with Crippen molar-refractivity contribution in [3.63, 3.8) is 0 Å². The summed E-state index contributed by atoms with van der Waals surface area (Å²) in [7, 11) is -3.56. The van der Waals surface area contributed by atoms with Crippen LogP contribution in [0.1, 0.15) is 29.9 Å². The molecule has 158 valence electrons. The zero-order valence-corrected chi connectivity index (χ0v) is 17.8. The summed E-state index contributed by atoms with van der Waals surface area (Å²) in [5.74, 6) is 0.254. The van der Waals surface area contributed by atoms with Crippen molar-refractivity contribution >= 4 is 10.0 Å². The molecule has 0 radical (unpaired) electrons. The zero-order chi connectivity index (χ0) is 21.3. The summed E-state index contributed by atoms with van der Waals surface area (Å²) in [4.78, 5) is 4.67. The Morgan fingerprint density at radius 2 is 2.00 bits per heavy atom. The van der Waals surface area contributed by atoms with Gasteiger partial charge in [-0.1, -0.05) is 35.0 Å². The topological polar surface area (TPSA) is 76.3 Å². The van der Waals surface area contributed by atoms with Crippen LogP contribution >= 0.6 is 0 Å². The molecule has 0 amide bonds. The predicted molar refractivity (Wildman–Crippen MR) is 111 cm³/mol. The first kappa shape index (κ1) is 20.7. The molecule has 3 aromatic rings. The van der Waals surface area contributed by atoms with Crippen molar-refractivity contribution < 1.29 is 17.3 Å². The van der Waals surface area contributed by atoms with Crippen molar-refractivity contribution in [1.82, 2.24) is 14.4 Å². The molecular weight excluding hydrogens is 405 g/mol. The largest absolute Gasteiger partial charge is 0.339 e. The molecule has 4 rings (SSSR count).